The first-order valence-corrected chi connectivity index (χ1v) is 11.1. The summed E-state index contributed by atoms with van der Waals surface area (Å²) in [5.74, 6) is 1.19. The molecule has 0 bridgehead atoms. The van der Waals surface area contributed by atoms with Crippen molar-refractivity contribution < 1.29 is 9.18 Å². The summed E-state index contributed by atoms with van der Waals surface area (Å²) in [7, 11) is 0. The molecule has 0 saturated carbocycles. The minimum atomic E-state index is -0.308. The Labute approximate surface area is 180 Å². The Hall–Kier alpha value is -2.86. The maximum absolute atomic E-state index is 13.4. The van der Waals surface area contributed by atoms with E-state index in [4.69, 9.17) is 4.98 Å². The molecule has 0 atom stereocenters. The van der Waals surface area contributed by atoms with Gasteiger partial charge in [0.05, 0.1) is 5.56 Å². The quantitative estimate of drug-likeness (QED) is 0.551. The molecule has 1 N–H and O–H groups in total. The molecular weight excluding hydrogens is 397 g/mol. The fourth-order valence-corrected chi connectivity index (χ4v) is 4.61. The highest BCUT2D eigenvalue weighted by Crippen LogP contribution is 2.36. The number of aromatic nitrogens is 1. The molecule has 0 spiro atoms. The first kappa shape index (κ1) is 20.4. The number of thioether (sulfide) groups is 1. The molecule has 3 aromatic rings. The van der Waals surface area contributed by atoms with Gasteiger partial charge in [-0.3, -0.25) is 4.79 Å². The van der Waals surface area contributed by atoms with E-state index in [0.717, 1.165) is 40.7 Å². The summed E-state index contributed by atoms with van der Waals surface area (Å²) in [5, 5.41) is 3.64. The Morgan fingerprint density at radius 2 is 2.03 bits per heavy atom. The zero-order valence-corrected chi connectivity index (χ0v) is 17.9. The smallest absolute Gasteiger partial charge is 0.254 e. The topological polar surface area (TPSA) is 45.2 Å². The van der Waals surface area contributed by atoms with Crippen LogP contribution in [0.15, 0.2) is 59.6 Å². The van der Waals surface area contributed by atoms with Gasteiger partial charge in [-0.15, -0.1) is 11.8 Å². The number of carbonyl (C=O) groups is 1. The number of nitrogens with one attached hydrogen (secondary N) is 1. The largest absolute Gasteiger partial charge is 0.348 e. The van der Waals surface area contributed by atoms with E-state index in [-0.39, 0.29) is 18.3 Å². The summed E-state index contributed by atoms with van der Waals surface area (Å²) < 4.78 is 13.4. The van der Waals surface area contributed by atoms with E-state index in [2.05, 4.69) is 28.4 Å². The Balaban J connectivity index is 1.61. The van der Waals surface area contributed by atoms with Gasteiger partial charge in [-0.25, -0.2) is 9.37 Å². The molecule has 1 aromatic heterocycles. The minimum Gasteiger partial charge on any atom is -0.348 e. The molecule has 1 amide bonds. The van der Waals surface area contributed by atoms with Crippen LogP contribution in [0.4, 0.5) is 15.9 Å². The van der Waals surface area contributed by atoms with E-state index in [1.165, 1.54) is 23.4 Å². The van der Waals surface area contributed by atoms with Crippen LogP contribution in [0.5, 0.6) is 0 Å². The number of benzene rings is 2. The lowest BCUT2D eigenvalue weighted by atomic mass is 10.1. The molecule has 2 heterocycles. The van der Waals surface area contributed by atoms with Gasteiger partial charge >= 0.3 is 0 Å². The standard InChI is InChI=1S/C24H24FN3OS/c1-3-30-24-22(23(29)26-15-17-7-6-9-19(25)14-17)16(2)13-21(27-24)28-12-11-18-8-4-5-10-20(18)28/h4-10,13-14H,3,11-12,15H2,1-2H3,(H,26,29). The van der Waals surface area contributed by atoms with Crippen molar-refractivity contribution in [2.45, 2.75) is 31.8 Å². The summed E-state index contributed by atoms with van der Waals surface area (Å²) in [5.41, 5.74) is 4.70. The van der Waals surface area contributed by atoms with Crippen molar-refractivity contribution in [1.82, 2.24) is 10.3 Å². The fraction of sp³-hybridized carbons (Fsp3) is 0.250. The van der Waals surface area contributed by atoms with Crippen molar-refractivity contribution in [3.05, 3.63) is 82.7 Å². The average Bonchev–Trinajstić information content (AvgIpc) is 3.16. The first-order chi connectivity index (χ1) is 14.6. The van der Waals surface area contributed by atoms with Crippen molar-refractivity contribution in [3.8, 4) is 0 Å². The van der Waals surface area contributed by atoms with E-state index in [1.807, 2.05) is 26.0 Å². The number of amides is 1. The van der Waals surface area contributed by atoms with Gasteiger partial charge in [-0.2, -0.15) is 0 Å². The SMILES string of the molecule is CCSc1nc(N2CCc3ccccc32)cc(C)c1C(=O)NCc1cccc(F)c1. The second-order valence-electron chi connectivity index (χ2n) is 7.25. The highest BCUT2D eigenvalue weighted by molar-refractivity contribution is 7.99. The summed E-state index contributed by atoms with van der Waals surface area (Å²) in [6.45, 7) is 5.15. The lowest BCUT2D eigenvalue weighted by Gasteiger charge is -2.21. The van der Waals surface area contributed by atoms with Crippen LogP contribution in [-0.2, 0) is 13.0 Å². The number of aryl methyl sites for hydroxylation is 1. The van der Waals surface area contributed by atoms with Gasteiger partial charge in [-0.05, 0) is 60.1 Å². The number of para-hydroxylation sites is 1. The third-order valence-corrected chi connectivity index (χ3v) is 6.04. The molecule has 154 valence electrons. The van der Waals surface area contributed by atoms with Gasteiger partial charge in [0.2, 0.25) is 0 Å². The van der Waals surface area contributed by atoms with Crippen LogP contribution in [-0.4, -0.2) is 23.2 Å². The summed E-state index contributed by atoms with van der Waals surface area (Å²) in [6.07, 6.45) is 0.989. The third kappa shape index (κ3) is 4.19. The number of hydrogen-bond acceptors (Lipinski definition) is 4. The molecular formula is C24H24FN3OS. The Bertz CT molecular complexity index is 1090. The summed E-state index contributed by atoms with van der Waals surface area (Å²) >= 11 is 1.56. The van der Waals surface area contributed by atoms with Crippen molar-refractivity contribution in [2.24, 2.45) is 0 Å². The molecule has 1 aliphatic rings. The summed E-state index contributed by atoms with van der Waals surface area (Å²) in [4.78, 5) is 20.1. The second-order valence-corrected chi connectivity index (χ2v) is 8.51. The molecule has 6 heteroatoms. The van der Waals surface area contributed by atoms with Gasteiger partial charge in [0.1, 0.15) is 16.7 Å². The number of halogens is 1. The van der Waals surface area contributed by atoms with E-state index in [1.54, 1.807) is 23.9 Å². The molecule has 30 heavy (non-hydrogen) atoms. The van der Waals surface area contributed by atoms with Crippen LogP contribution < -0.4 is 10.2 Å². The highest BCUT2D eigenvalue weighted by atomic mass is 32.2. The number of fused-ring (bicyclic) bond motifs is 1. The van der Waals surface area contributed by atoms with E-state index in [0.29, 0.717) is 5.56 Å². The van der Waals surface area contributed by atoms with Gasteiger partial charge in [0, 0.05) is 18.8 Å². The Kier molecular flexibility index (Phi) is 6.04. The van der Waals surface area contributed by atoms with Crippen LogP contribution in [0.3, 0.4) is 0 Å². The monoisotopic (exact) mass is 421 g/mol. The minimum absolute atomic E-state index is 0.186. The number of carbonyl (C=O) groups excluding carboxylic acids is 1. The van der Waals surface area contributed by atoms with E-state index >= 15 is 0 Å². The lowest BCUT2D eigenvalue weighted by Crippen LogP contribution is -2.25. The maximum Gasteiger partial charge on any atom is 0.254 e. The molecule has 0 unspecified atom stereocenters. The van der Waals surface area contributed by atoms with Gasteiger partial charge in [0.15, 0.2) is 0 Å². The predicted octanol–water partition coefficient (Wildman–Crippen LogP) is 5.27. The van der Waals surface area contributed by atoms with Crippen molar-refractivity contribution in [2.75, 3.05) is 17.2 Å². The third-order valence-electron chi connectivity index (χ3n) is 5.18. The number of hydrogen-bond donors (Lipinski definition) is 1. The van der Waals surface area contributed by atoms with Crippen LogP contribution in [0.25, 0.3) is 0 Å². The van der Waals surface area contributed by atoms with Crippen LogP contribution >= 0.6 is 11.8 Å². The molecule has 0 aliphatic carbocycles. The fourth-order valence-electron chi connectivity index (χ4n) is 3.78. The van der Waals surface area contributed by atoms with Crippen LogP contribution in [0.1, 0.15) is 34.0 Å². The summed E-state index contributed by atoms with van der Waals surface area (Å²) in [6, 6.07) is 16.6. The first-order valence-electron chi connectivity index (χ1n) is 10.1. The average molecular weight is 422 g/mol. The van der Waals surface area contributed by atoms with Crippen molar-refractivity contribution in [3.63, 3.8) is 0 Å². The van der Waals surface area contributed by atoms with Gasteiger partial charge in [-0.1, -0.05) is 37.3 Å². The van der Waals surface area contributed by atoms with Crippen molar-refractivity contribution in [1.29, 1.82) is 0 Å². The van der Waals surface area contributed by atoms with Gasteiger partial charge in [0.25, 0.3) is 5.91 Å². The second kappa shape index (κ2) is 8.88. The number of anilines is 2. The number of pyridine rings is 1. The lowest BCUT2D eigenvalue weighted by molar-refractivity contribution is 0.0946. The Morgan fingerprint density at radius 3 is 2.83 bits per heavy atom. The molecule has 4 rings (SSSR count). The van der Waals surface area contributed by atoms with Gasteiger partial charge < -0.3 is 10.2 Å². The maximum atomic E-state index is 13.4. The molecule has 0 saturated heterocycles. The molecule has 0 radical (unpaired) electrons. The van der Waals surface area contributed by atoms with E-state index < -0.39 is 0 Å². The number of nitrogens with zero attached hydrogens (tertiary/aromatic N) is 2. The highest BCUT2D eigenvalue weighted by Gasteiger charge is 2.24. The molecule has 1 aliphatic heterocycles. The molecule has 0 fully saturated rings. The van der Waals surface area contributed by atoms with E-state index in [9.17, 15) is 9.18 Å². The zero-order chi connectivity index (χ0) is 21.1. The normalized spacial score (nSPS) is 12.7. The molecule has 2 aromatic carbocycles. The number of rotatable bonds is 6. The molecule has 4 nitrogen and oxygen atoms in total. The van der Waals surface area contributed by atoms with Crippen LogP contribution in [0, 0.1) is 12.7 Å². The predicted molar refractivity (Wildman–Crippen MR) is 120 cm³/mol. The zero-order valence-electron chi connectivity index (χ0n) is 17.1. The Morgan fingerprint density at radius 1 is 1.20 bits per heavy atom. The van der Waals surface area contributed by atoms with Crippen molar-refractivity contribution >= 4 is 29.2 Å². The van der Waals surface area contributed by atoms with Crippen LogP contribution in [0.2, 0.25) is 0 Å².